The summed E-state index contributed by atoms with van der Waals surface area (Å²) >= 11 is 11.4. The second-order valence-electron chi connectivity index (χ2n) is 4.30. The average molecular weight is 346 g/mol. The Morgan fingerprint density at radius 1 is 1.09 bits per heavy atom. The highest BCUT2D eigenvalue weighted by atomic mass is 35.5. The van der Waals surface area contributed by atoms with Crippen molar-refractivity contribution in [2.45, 2.75) is 0 Å². The summed E-state index contributed by atoms with van der Waals surface area (Å²) < 4.78 is 31.3. The van der Waals surface area contributed by atoms with E-state index in [1.807, 2.05) is 0 Å². The highest BCUT2D eigenvalue weighted by molar-refractivity contribution is 6.36. The Labute approximate surface area is 135 Å². The molecule has 0 heterocycles. The molecule has 22 heavy (non-hydrogen) atoms. The molecule has 2 aromatic rings. The lowest BCUT2D eigenvalue weighted by Crippen LogP contribution is -2.28. The Morgan fingerprint density at radius 2 is 1.77 bits per heavy atom. The number of halogens is 4. The quantitative estimate of drug-likeness (QED) is 0.654. The maximum absolute atomic E-state index is 13.3. The van der Waals surface area contributed by atoms with E-state index in [1.165, 1.54) is 30.3 Å². The molecule has 0 aliphatic heterocycles. The van der Waals surface area contributed by atoms with Crippen LogP contribution in [0.2, 0.25) is 10.0 Å². The zero-order chi connectivity index (χ0) is 16.1. The van der Waals surface area contributed by atoms with Gasteiger partial charge in [0.15, 0.2) is 0 Å². The summed E-state index contributed by atoms with van der Waals surface area (Å²) in [4.78, 5) is 11.9. The summed E-state index contributed by atoms with van der Waals surface area (Å²) in [6.45, 7) is 0.349. The number of ether oxygens (including phenoxy) is 1. The molecular formula is C15H11Cl2F2NO2. The van der Waals surface area contributed by atoms with Crippen LogP contribution in [-0.4, -0.2) is 19.1 Å². The van der Waals surface area contributed by atoms with Crippen LogP contribution in [0.3, 0.4) is 0 Å². The monoisotopic (exact) mass is 345 g/mol. The number of rotatable bonds is 5. The molecule has 2 aromatic carbocycles. The summed E-state index contributed by atoms with van der Waals surface area (Å²) in [5.74, 6) is -1.15. The fraction of sp³-hybridized carbons (Fsp3) is 0.133. The first-order chi connectivity index (χ1) is 10.5. The van der Waals surface area contributed by atoms with Crippen LogP contribution in [0.4, 0.5) is 8.78 Å². The van der Waals surface area contributed by atoms with Crippen molar-refractivity contribution in [2.75, 3.05) is 13.2 Å². The largest absolute Gasteiger partial charge is 0.492 e. The molecule has 0 aliphatic carbocycles. The lowest BCUT2D eigenvalue weighted by atomic mass is 10.2. The van der Waals surface area contributed by atoms with Gasteiger partial charge < -0.3 is 10.1 Å². The molecule has 3 nitrogen and oxygen atoms in total. The first-order valence-corrected chi connectivity index (χ1v) is 7.04. The maximum atomic E-state index is 13.3. The van der Waals surface area contributed by atoms with Crippen LogP contribution in [0.15, 0.2) is 36.4 Å². The van der Waals surface area contributed by atoms with E-state index in [0.717, 1.165) is 6.07 Å². The number of carbonyl (C=O) groups excluding carboxylic acids is 1. The van der Waals surface area contributed by atoms with E-state index in [1.54, 1.807) is 0 Å². The van der Waals surface area contributed by atoms with Gasteiger partial charge in [0.25, 0.3) is 5.91 Å². The number of carbonyl (C=O) groups is 1. The van der Waals surface area contributed by atoms with Gasteiger partial charge in [-0.15, -0.1) is 0 Å². The highest BCUT2D eigenvalue weighted by Gasteiger charge is 2.13. The van der Waals surface area contributed by atoms with Crippen LogP contribution in [0, 0.1) is 11.6 Å². The molecule has 2 rings (SSSR count). The molecule has 0 fully saturated rings. The summed E-state index contributed by atoms with van der Waals surface area (Å²) in [7, 11) is 0. The van der Waals surface area contributed by atoms with E-state index in [-0.39, 0.29) is 34.6 Å². The van der Waals surface area contributed by atoms with Gasteiger partial charge in [-0.1, -0.05) is 23.2 Å². The van der Waals surface area contributed by atoms with Crippen molar-refractivity contribution in [3.05, 3.63) is 63.6 Å². The predicted molar refractivity (Wildman–Crippen MR) is 80.6 cm³/mol. The van der Waals surface area contributed by atoms with Gasteiger partial charge in [0.2, 0.25) is 0 Å². The zero-order valence-electron chi connectivity index (χ0n) is 11.2. The van der Waals surface area contributed by atoms with Gasteiger partial charge in [-0.2, -0.15) is 0 Å². The Morgan fingerprint density at radius 3 is 2.45 bits per heavy atom. The summed E-state index contributed by atoms with van der Waals surface area (Å²) in [6.07, 6.45) is 0. The molecule has 0 aromatic heterocycles. The fourth-order valence-electron chi connectivity index (χ4n) is 1.66. The first kappa shape index (κ1) is 16.5. The Balaban J connectivity index is 1.85. The van der Waals surface area contributed by atoms with Gasteiger partial charge in [0, 0.05) is 0 Å². The van der Waals surface area contributed by atoms with Crippen LogP contribution in [-0.2, 0) is 0 Å². The average Bonchev–Trinajstić information content (AvgIpc) is 2.49. The Bertz CT molecular complexity index is 678. The fourth-order valence-corrected chi connectivity index (χ4v) is 2.13. The standard InChI is InChI=1S/C15H11Cl2F2NO2/c16-12-8-13(17)14(19)7-11(12)15(21)20-5-6-22-10-3-1-9(18)2-4-10/h1-4,7-8H,5-6H2,(H,20,21). The summed E-state index contributed by atoms with van der Waals surface area (Å²) in [5, 5.41) is 2.44. The summed E-state index contributed by atoms with van der Waals surface area (Å²) in [5.41, 5.74) is -0.00894. The third kappa shape index (κ3) is 4.32. The molecule has 0 bridgehead atoms. The van der Waals surface area contributed by atoms with Crippen LogP contribution in [0.25, 0.3) is 0 Å². The predicted octanol–water partition coefficient (Wildman–Crippen LogP) is 4.08. The first-order valence-electron chi connectivity index (χ1n) is 6.28. The van der Waals surface area contributed by atoms with Crippen LogP contribution in [0.5, 0.6) is 5.75 Å². The highest BCUT2D eigenvalue weighted by Crippen LogP contribution is 2.24. The Kier molecular flexibility index (Phi) is 5.57. The third-order valence-electron chi connectivity index (χ3n) is 2.72. The second kappa shape index (κ2) is 7.42. The van der Waals surface area contributed by atoms with E-state index in [2.05, 4.69) is 5.32 Å². The minimum Gasteiger partial charge on any atom is -0.492 e. The lowest BCUT2D eigenvalue weighted by molar-refractivity contribution is 0.0946. The second-order valence-corrected chi connectivity index (χ2v) is 5.12. The van der Waals surface area contributed by atoms with Gasteiger partial charge in [-0.3, -0.25) is 4.79 Å². The molecule has 0 radical (unpaired) electrons. The van der Waals surface area contributed by atoms with Gasteiger partial charge in [0.05, 0.1) is 22.2 Å². The number of hydrogen-bond donors (Lipinski definition) is 1. The molecule has 0 spiro atoms. The lowest BCUT2D eigenvalue weighted by Gasteiger charge is -2.09. The molecule has 0 unspecified atom stereocenters. The molecule has 1 N–H and O–H groups in total. The van der Waals surface area contributed by atoms with Crippen molar-refractivity contribution in [3.8, 4) is 5.75 Å². The number of hydrogen-bond acceptors (Lipinski definition) is 2. The van der Waals surface area contributed by atoms with Crippen molar-refractivity contribution in [1.29, 1.82) is 0 Å². The van der Waals surface area contributed by atoms with E-state index >= 15 is 0 Å². The van der Waals surface area contributed by atoms with E-state index in [4.69, 9.17) is 27.9 Å². The normalized spacial score (nSPS) is 10.4. The van der Waals surface area contributed by atoms with Gasteiger partial charge in [-0.05, 0) is 36.4 Å². The molecular weight excluding hydrogens is 335 g/mol. The number of nitrogens with one attached hydrogen (secondary N) is 1. The smallest absolute Gasteiger partial charge is 0.253 e. The maximum Gasteiger partial charge on any atom is 0.253 e. The topological polar surface area (TPSA) is 38.3 Å². The SMILES string of the molecule is O=C(NCCOc1ccc(F)cc1)c1cc(F)c(Cl)cc1Cl. The molecule has 7 heteroatoms. The van der Waals surface area contributed by atoms with Crippen LogP contribution < -0.4 is 10.1 Å². The van der Waals surface area contributed by atoms with Gasteiger partial charge in [0.1, 0.15) is 24.0 Å². The van der Waals surface area contributed by atoms with E-state index in [9.17, 15) is 13.6 Å². The van der Waals surface area contributed by atoms with Gasteiger partial charge >= 0.3 is 0 Å². The van der Waals surface area contributed by atoms with Crippen molar-refractivity contribution in [2.24, 2.45) is 0 Å². The molecule has 0 saturated carbocycles. The zero-order valence-corrected chi connectivity index (χ0v) is 12.7. The van der Waals surface area contributed by atoms with Crippen molar-refractivity contribution in [1.82, 2.24) is 5.32 Å². The minimum absolute atomic E-state index is 0.00894. The van der Waals surface area contributed by atoms with Crippen molar-refractivity contribution >= 4 is 29.1 Å². The molecule has 0 saturated heterocycles. The van der Waals surface area contributed by atoms with Crippen molar-refractivity contribution < 1.29 is 18.3 Å². The molecule has 1 amide bonds. The Hall–Kier alpha value is -1.85. The molecule has 116 valence electrons. The van der Waals surface area contributed by atoms with E-state index < -0.39 is 11.7 Å². The number of benzene rings is 2. The molecule has 0 aliphatic rings. The van der Waals surface area contributed by atoms with Crippen LogP contribution in [0.1, 0.15) is 10.4 Å². The minimum atomic E-state index is -0.723. The van der Waals surface area contributed by atoms with Gasteiger partial charge in [-0.25, -0.2) is 8.78 Å². The van der Waals surface area contributed by atoms with Crippen LogP contribution >= 0.6 is 23.2 Å². The van der Waals surface area contributed by atoms with E-state index in [0.29, 0.717) is 5.75 Å². The summed E-state index contributed by atoms with van der Waals surface area (Å²) in [6, 6.07) is 7.63. The molecule has 0 atom stereocenters. The van der Waals surface area contributed by atoms with Crippen molar-refractivity contribution in [3.63, 3.8) is 0 Å². The third-order valence-corrected chi connectivity index (χ3v) is 3.33. The number of amides is 1.